The van der Waals surface area contributed by atoms with E-state index < -0.39 is 0 Å². The Morgan fingerprint density at radius 2 is 1.76 bits per heavy atom. The van der Waals surface area contributed by atoms with E-state index in [9.17, 15) is 0 Å². The molecule has 2 aromatic rings. The number of hydrogen-bond acceptors (Lipinski definition) is 3. The van der Waals surface area contributed by atoms with Gasteiger partial charge in [-0.15, -0.1) is 0 Å². The number of nitrogens with zero attached hydrogens (tertiary/aromatic N) is 3. The van der Waals surface area contributed by atoms with Gasteiger partial charge in [-0.3, -0.25) is 4.68 Å². The second kappa shape index (κ2) is 7.16. The molecule has 0 saturated carbocycles. The van der Waals surface area contributed by atoms with E-state index in [0.29, 0.717) is 0 Å². The highest BCUT2D eigenvalue weighted by molar-refractivity contribution is 5.55. The van der Waals surface area contributed by atoms with Crippen LogP contribution in [0.4, 0.5) is 11.4 Å². The highest BCUT2D eigenvalue weighted by atomic mass is 15.3. The van der Waals surface area contributed by atoms with Crippen molar-refractivity contribution in [3.63, 3.8) is 0 Å². The quantitative estimate of drug-likeness (QED) is 0.846. The summed E-state index contributed by atoms with van der Waals surface area (Å²) in [6.07, 6.45) is 3.06. The third-order valence-corrected chi connectivity index (χ3v) is 3.81. The van der Waals surface area contributed by atoms with Crippen LogP contribution in [0.15, 0.2) is 30.5 Å². The molecule has 0 radical (unpaired) electrons. The predicted molar refractivity (Wildman–Crippen MR) is 89.9 cm³/mol. The molecule has 1 aromatic heterocycles. The van der Waals surface area contributed by atoms with Gasteiger partial charge in [-0.1, -0.05) is 6.92 Å². The van der Waals surface area contributed by atoms with Crippen LogP contribution in [-0.4, -0.2) is 22.9 Å². The number of nitrogens with one attached hydrogen (secondary N) is 1. The zero-order valence-corrected chi connectivity index (χ0v) is 13.6. The molecule has 4 nitrogen and oxygen atoms in total. The van der Waals surface area contributed by atoms with Gasteiger partial charge in [0.1, 0.15) is 0 Å². The summed E-state index contributed by atoms with van der Waals surface area (Å²) in [5.74, 6) is 0. The fourth-order valence-electron chi connectivity index (χ4n) is 2.61. The fraction of sp³-hybridized carbons (Fsp3) is 0.471. The summed E-state index contributed by atoms with van der Waals surface area (Å²) >= 11 is 0. The van der Waals surface area contributed by atoms with E-state index in [1.54, 1.807) is 0 Å². The Bertz CT molecular complexity index is 553. The van der Waals surface area contributed by atoms with E-state index in [1.165, 1.54) is 16.9 Å². The number of aryl methyl sites for hydroxylation is 2. The molecule has 0 bridgehead atoms. The minimum absolute atomic E-state index is 0.821. The topological polar surface area (TPSA) is 33.1 Å². The molecule has 0 fully saturated rings. The van der Waals surface area contributed by atoms with Crippen LogP contribution in [-0.2, 0) is 20.0 Å². The van der Waals surface area contributed by atoms with E-state index in [2.05, 4.69) is 66.5 Å². The Hall–Kier alpha value is -1.97. The number of anilines is 2. The molecule has 1 N–H and O–H groups in total. The minimum atomic E-state index is 0.821. The summed E-state index contributed by atoms with van der Waals surface area (Å²) in [6.45, 7) is 9.42. The molecular weight excluding hydrogens is 260 g/mol. The largest absolute Gasteiger partial charge is 0.381 e. The number of rotatable bonds is 7. The Morgan fingerprint density at radius 3 is 2.33 bits per heavy atom. The molecule has 0 aliphatic heterocycles. The first-order valence-electron chi connectivity index (χ1n) is 7.78. The zero-order chi connectivity index (χ0) is 15.2. The molecule has 0 amide bonds. The monoisotopic (exact) mass is 286 g/mol. The molecule has 0 aliphatic carbocycles. The average molecular weight is 286 g/mol. The van der Waals surface area contributed by atoms with E-state index in [0.717, 1.165) is 31.7 Å². The van der Waals surface area contributed by atoms with Crippen molar-refractivity contribution < 1.29 is 0 Å². The Balaban J connectivity index is 2.00. The zero-order valence-electron chi connectivity index (χ0n) is 13.6. The van der Waals surface area contributed by atoms with Crippen LogP contribution in [0.25, 0.3) is 0 Å². The summed E-state index contributed by atoms with van der Waals surface area (Å²) in [5.41, 5.74) is 4.87. The second-order valence-electron chi connectivity index (χ2n) is 5.20. The van der Waals surface area contributed by atoms with Crippen molar-refractivity contribution in [2.75, 3.05) is 23.3 Å². The van der Waals surface area contributed by atoms with Crippen molar-refractivity contribution in [3.8, 4) is 0 Å². The molecule has 0 aliphatic rings. The lowest BCUT2D eigenvalue weighted by Gasteiger charge is -2.21. The fourth-order valence-corrected chi connectivity index (χ4v) is 2.61. The van der Waals surface area contributed by atoms with Crippen LogP contribution in [0, 0.1) is 0 Å². The van der Waals surface area contributed by atoms with E-state index in [1.807, 2.05) is 11.7 Å². The molecule has 114 valence electrons. The lowest BCUT2D eigenvalue weighted by atomic mass is 10.2. The van der Waals surface area contributed by atoms with Crippen LogP contribution in [0.2, 0.25) is 0 Å². The minimum Gasteiger partial charge on any atom is -0.381 e. The maximum absolute atomic E-state index is 4.47. The maximum Gasteiger partial charge on any atom is 0.0671 e. The molecule has 0 spiro atoms. The number of benzene rings is 1. The normalized spacial score (nSPS) is 10.7. The molecular formula is C17H26N4. The van der Waals surface area contributed by atoms with Gasteiger partial charge in [-0.25, -0.2) is 0 Å². The van der Waals surface area contributed by atoms with Crippen molar-refractivity contribution in [1.29, 1.82) is 0 Å². The average Bonchev–Trinajstić information content (AvgIpc) is 2.88. The second-order valence-corrected chi connectivity index (χ2v) is 5.20. The van der Waals surface area contributed by atoms with Gasteiger partial charge in [0.05, 0.1) is 5.69 Å². The van der Waals surface area contributed by atoms with Crippen LogP contribution in [0.1, 0.15) is 32.0 Å². The summed E-state index contributed by atoms with van der Waals surface area (Å²) < 4.78 is 1.89. The van der Waals surface area contributed by atoms with Gasteiger partial charge < -0.3 is 10.2 Å². The number of hydrogen-bond donors (Lipinski definition) is 1. The van der Waals surface area contributed by atoms with E-state index in [4.69, 9.17) is 0 Å². The van der Waals surface area contributed by atoms with Crippen molar-refractivity contribution >= 4 is 11.4 Å². The van der Waals surface area contributed by atoms with Gasteiger partial charge in [0.15, 0.2) is 0 Å². The Kier molecular flexibility index (Phi) is 5.26. The first-order valence-corrected chi connectivity index (χ1v) is 7.78. The third-order valence-electron chi connectivity index (χ3n) is 3.81. The molecule has 4 heteroatoms. The third kappa shape index (κ3) is 3.78. The van der Waals surface area contributed by atoms with Gasteiger partial charge in [-0.05, 0) is 44.5 Å². The smallest absolute Gasteiger partial charge is 0.0671 e. The van der Waals surface area contributed by atoms with Crippen molar-refractivity contribution in [2.45, 2.75) is 33.7 Å². The summed E-state index contributed by atoms with van der Waals surface area (Å²) in [4.78, 5) is 2.35. The molecule has 21 heavy (non-hydrogen) atoms. The SMILES string of the molecule is CCc1nn(C)cc1CNc1ccc(N(CC)CC)cc1. The van der Waals surface area contributed by atoms with Crippen molar-refractivity contribution in [3.05, 3.63) is 41.7 Å². The molecule has 2 rings (SSSR count). The van der Waals surface area contributed by atoms with Crippen molar-refractivity contribution in [1.82, 2.24) is 9.78 Å². The first kappa shape index (κ1) is 15.4. The first-order chi connectivity index (χ1) is 10.2. The van der Waals surface area contributed by atoms with Gasteiger partial charge in [-0.2, -0.15) is 5.10 Å². The number of aromatic nitrogens is 2. The molecule has 1 aromatic carbocycles. The standard InChI is InChI=1S/C17H26N4/c1-5-17-14(13-20(4)19-17)12-18-15-8-10-16(11-9-15)21(6-2)7-3/h8-11,13,18H,5-7,12H2,1-4H3. The van der Waals surface area contributed by atoms with Crippen molar-refractivity contribution in [2.24, 2.45) is 7.05 Å². The van der Waals surface area contributed by atoms with Gasteiger partial charge >= 0.3 is 0 Å². The summed E-state index contributed by atoms with van der Waals surface area (Å²) in [6, 6.07) is 8.66. The lowest BCUT2D eigenvalue weighted by molar-refractivity contribution is 0.746. The highest BCUT2D eigenvalue weighted by Gasteiger charge is 2.06. The molecule has 0 unspecified atom stereocenters. The van der Waals surface area contributed by atoms with Gasteiger partial charge in [0, 0.05) is 49.8 Å². The Labute approximate surface area is 127 Å². The molecule has 0 atom stereocenters. The summed E-state index contributed by atoms with van der Waals surface area (Å²) in [5, 5.41) is 7.95. The molecule has 1 heterocycles. The van der Waals surface area contributed by atoms with Crippen LogP contribution >= 0.6 is 0 Å². The summed E-state index contributed by atoms with van der Waals surface area (Å²) in [7, 11) is 1.97. The van der Waals surface area contributed by atoms with Crippen LogP contribution in [0.3, 0.4) is 0 Å². The predicted octanol–water partition coefficient (Wildman–Crippen LogP) is 3.44. The van der Waals surface area contributed by atoms with E-state index >= 15 is 0 Å². The van der Waals surface area contributed by atoms with E-state index in [-0.39, 0.29) is 0 Å². The Morgan fingerprint density at radius 1 is 1.10 bits per heavy atom. The van der Waals surface area contributed by atoms with Gasteiger partial charge in [0.2, 0.25) is 0 Å². The lowest BCUT2D eigenvalue weighted by Crippen LogP contribution is -2.21. The van der Waals surface area contributed by atoms with Crippen LogP contribution < -0.4 is 10.2 Å². The van der Waals surface area contributed by atoms with Gasteiger partial charge in [0.25, 0.3) is 0 Å². The maximum atomic E-state index is 4.47. The highest BCUT2D eigenvalue weighted by Crippen LogP contribution is 2.18. The van der Waals surface area contributed by atoms with Crippen LogP contribution in [0.5, 0.6) is 0 Å². The molecule has 0 saturated heterocycles.